The average Bonchev–Trinajstić information content (AvgIpc) is 2.51. The highest BCUT2D eigenvalue weighted by Crippen LogP contribution is 2.15. The number of hydrogen-bond acceptors (Lipinski definition) is 2. The highest BCUT2D eigenvalue weighted by molar-refractivity contribution is 5.21. The molecule has 0 aliphatic rings. The Morgan fingerprint density at radius 3 is 2.22 bits per heavy atom. The van der Waals surface area contributed by atoms with Gasteiger partial charge in [-0.3, -0.25) is 0 Å². The molecule has 0 saturated heterocycles. The molecule has 3 nitrogen and oxygen atoms in total. The van der Waals surface area contributed by atoms with Gasteiger partial charge in [0.25, 0.3) is 0 Å². The minimum absolute atomic E-state index is 0.183. The van der Waals surface area contributed by atoms with Crippen molar-refractivity contribution in [3.63, 3.8) is 0 Å². The van der Waals surface area contributed by atoms with Gasteiger partial charge in [-0.2, -0.15) is 0 Å². The number of hydrogen-bond donors (Lipinski definition) is 0. The topological polar surface area (TPSA) is 18.5 Å². The van der Waals surface area contributed by atoms with E-state index in [1.165, 1.54) is 45.1 Å². The zero-order valence-corrected chi connectivity index (χ0v) is 15.6. The molecule has 0 N–H and O–H groups in total. The molecular weight excluding hydrogens is 286 g/mol. The third-order valence-corrected chi connectivity index (χ3v) is 4.12. The minimum atomic E-state index is -0.183. The summed E-state index contributed by atoms with van der Waals surface area (Å²) >= 11 is 0. The van der Waals surface area contributed by atoms with E-state index in [9.17, 15) is 0 Å². The first-order valence-electron chi connectivity index (χ1n) is 9.22. The highest BCUT2D eigenvalue weighted by Gasteiger charge is 2.23. The molecule has 1 aromatic carbocycles. The predicted molar refractivity (Wildman–Crippen MR) is 97.7 cm³/mol. The fourth-order valence-corrected chi connectivity index (χ4v) is 2.78. The van der Waals surface area contributed by atoms with Gasteiger partial charge in [-0.05, 0) is 31.9 Å². The van der Waals surface area contributed by atoms with Crippen LogP contribution < -0.4 is 4.74 Å². The molecule has 0 aromatic heterocycles. The molecule has 0 aliphatic heterocycles. The van der Waals surface area contributed by atoms with Crippen LogP contribution in [-0.4, -0.2) is 44.6 Å². The number of benzene rings is 1. The van der Waals surface area contributed by atoms with Crippen molar-refractivity contribution in [1.82, 2.24) is 0 Å². The molecule has 0 fully saturated rings. The third-order valence-electron chi connectivity index (χ3n) is 4.12. The lowest BCUT2D eigenvalue weighted by Crippen LogP contribution is -2.48. The summed E-state index contributed by atoms with van der Waals surface area (Å²) < 4.78 is 12.8. The molecule has 1 unspecified atom stereocenters. The van der Waals surface area contributed by atoms with Crippen molar-refractivity contribution in [2.75, 3.05) is 33.8 Å². The lowest BCUT2D eigenvalue weighted by atomic mass is 10.1. The van der Waals surface area contributed by atoms with E-state index in [4.69, 9.17) is 9.47 Å². The van der Waals surface area contributed by atoms with E-state index in [0.717, 1.165) is 16.8 Å². The molecule has 1 rings (SSSR count). The Balaban J connectivity index is 2.37. The summed E-state index contributed by atoms with van der Waals surface area (Å²) in [6.07, 6.45) is 7.86. The fraction of sp³-hybridized carbons (Fsp3) is 0.700. The first kappa shape index (κ1) is 20.0. The molecular formula is C20H36NO2+. The van der Waals surface area contributed by atoms with Gasteiger partial charge < -0.3 is 14.0 Å². The van der Waals surface area contributed by atoms with Gasteiger partial charge in [0.2, 0.25) is 6.29 Å². The Bertz CT molecular complexity index is 392. The standard InChI is InChI=1S/C20H36NO2/c1-5-7-8-9-10-14-17-21(3,4)18-20(22-6-2)23-19-15-12-11-13-16-19/h11-13,15-16,20H,5-10,14,17-18H2,1-4H3/q+1. The normalized spacial score (nSPS) is 13.0. The van der Waals surface area contributed by atoms with Crippen LogP contribution in [0.5, 0.6) is 5.75 Å². The van der Waals surface area contributed by atoms with Crippen LogP contribution in [0.4, 0.5) is 0 Å². The maximum atomic E-state index is 6.01. The number of nitrogens with zero attached hydrogens (tertiary/aromatic N) is 1. The zero-order valence-electron chi connectivity index (χ0n) is 15.6. The van der Waals surface area contributed by atoms with Gasteiger partial charge in [0.05, 0.1) is 20.6 Å². The highest BCUT2D eigenvalue weighted by atomic mass is 16.7. The van der Waals surface area contributed by atoms with Crippen LogP contribution in [0.15, 0.2) is 30.3 Å². The number of ether oxygens (including phenoxy) is 2. The predicted octanol–water partition coefficient (Wildman–Crippen LogP) is 4.86. The maximum absolute atomic E-state index is 6.01. The van der Waals surface area contributed by atoms with E-state index in [-0.39, 0.29) is 6.29 Å². The van der Waals surface area contributed by atoms with Crippen molar-refractivity contribution < 1.29 is 14.0 Å². The van der Waals surface area contributed by atoms with Gasteiger partial charge in [-0.15, -0.1) is 0 Å². The molecule has 3 heteroatoms. The smallest absolute Gasteiger partial charge is 0.249 e. The molecule has 0 aliphatic carbocycles. The van der Waals surface area contributed by atoms with Crippen molar-refractivity contribution >= 4 is 0 Å². The summed E-state index contributed by atoms with van der Waals surface area (Å²) in [6, 6.07) is 9.96. The zero-order chi connectivity index (χ0) is 17.0. The molecule has 0 spiro atoms. The minimum Gasteiger partial charge on any atom is -0.459 e. The molecule has 0 bridgehead atoms. The summed E-state index contributed by atoms with van der Waals surface area (Å²) in [5, 5.41) is 0. The maximum Gasteiger partial charge on any atom is 0.249 e. The molecule has 0 amide bonds. The third kappa shape index (κ3) is 9.62. The number of quaternary nitrogens is 1. The van der Waals surface area contributed by atoms with E-state index >= 15 is 0 Å². The summed E-state index contributed by atoms with van der Waals surface area (Å²) in [4.78, 5) is 0. The van der Waals surface area contributed by atoms with Gasteiger partial charge in [-0.25, -0.2) is 0 Å². The van der Waals surface area contributed by atoms with Crippen molar-refractivity contribution in [1.29, 1.82) is 0 Å². The lowest BCUT2D eigenvalue weighted by molar-refractivity contribution is -0.896. The first-order valence-corrected chi connectivity index (χ1v) is 9.22. The second kappa shape index (κ2) is 11.5. The van der Waals surface area contributed by atoms with Gasteiger partial charge >= 0.3 is 0 Å². The van der Waals surface area contributed by atoms with E-state index in [0.29, 0.717) is 6.61 Å². The van der Waals surface area contributed by atoms with Crippen LogP contribution in [-0.2, 0) is 4.74 Å². The fourth-order valence-electron chi connectivity index (χ4n) is 2.78. The van der Waals surface area contributed by atoms with Crippen molar-refractivity contribution in [2.45, 2.75) is 58.7 Å². The SMILES string of the molecule is CCCCCCCC[N+](C)(C)CC(OCC)Oc1ccccc1. The Hall–Kier alpha value is -1.06. The molecule has 0 radical (unpaired) electrons. The van der Waals surface area contributed by atoms with Crippen molar-refractivity contribution in [3.05, 3.63) is 30.3 Å². The van der Waals surface area contributed by atoms with Crippen LogP contribution in [0.1, 0.15) is 52.4 Å². The molecule has 0 saturated carbocycles. The van der Waals surface area contributed by atoms with E-state index < -0.39 is 0 Å². The second-order valence-electron chi connectivity index (χ2n) is 6.93. The van der Waals surface area contributed by atoms with Gasteiger partial charge in [0.1, 0.15) is 12.3 Å². The Morgan fingerprint density at radius 2 is 1.57 bits per heavy atom. The van der Waals surface area contributed by atoms with Gasteiger partial charge in [-0.1, -0.05) is 50.8 Å². The Kier molecular flexibility index (Phi) is 9.97. The van der Waals surface area contributed by atoms with Crippen LogP contribution in [0.25, 0.3) is 0 Å². The van der Waals surface area contributed by atoms with Crippen molar-refractivity contribution in [2.24, 2.45) is 0 Å². The molecule has 23 heavy (non-hydrogen) atoms. The second-order valence-corrected chi connectivity index (χ2v) is 6.93. The summed E-state index contributed by atoms with van der Waals surface area (Å²) in [7, 11) is 4.54. The molecule has 1 aromatic rings. The Labute approximate surface area is 143 Å². The quantitative estimate of drug-likeness (QED) is 0.293. The monoisotopic (exact) mass is 322 g/mol. The van der Waals surface area contributed by atoms with Crippen LogP contribution in [0.3, 0.4) is 0 Å². The van der Waals surface area contributed by atoms with Crippen LogP contribution in [0, 0.1) is 0 Å². The number of likely N-dealkylation sites (N-methyl/N-ethyl adjacent to an activating group) is 1. The molecule has 132 valence electrons. The van der Waals surface area contributed by atoms with Crippen molar-refractivity contribution in [3.8, 4) is 5.75 Å². The summed E-state index contributed by atoms with van der Waals surface area (Å²) in [5.41, 5.74) is 0. The molecule has 1 atom stereocenters. The number of rotatable bonds is 13. The van der Waals surface area contributed by atoms with E-state index in [2.05, 4.69) is 21.0 Å². The van der Waals surface area contributed by atoms with E-state index in [1.807, 2.05) is 37.3 Å². The van der Waals surface area contributed by atoms with E-state index in [1.54, 1.807) is 0 Å². The average molecular weight is 323 g/mol. The Morgan fingerprint density at radius 1 is 0.913 bits per heavy atom. The number of para-hydroxylation sites is 1. The number of unbranched alkanes of at least 4 members (excludes halogenated alkanes) is 5. The first-order chi connectivity index (χ1) is 11.1. The largest absolute Gasteiger partial charge is 0.459 e. The van der Waals surface area contributed by atoms with Crippen LogP contribution in [0.2, 0.25) is 0 Å². The molecule has 0 heterocycles. The summed E-state index contributed by atoms with van der Waals surface area (Å²) in [6.45, 7) is 7.01. The lowest BCUT2D eigenvalue weighted by Gasteiger charge is -2.33. The summed E-state index contributed by atoms with van der Waals surface area (Å²) in [5.74, 6) is 0.880. The van der Waals surface area contributed by atoms with Gasteiger partial charge in [0.15, 0.2) is 0 Å². The van der Waals surface area contributed by atoms with Gasteiger partial charge in [0, 0.05) is 6.61 Å². The van der Waals surface area contributed by atoms with Crippen LogP contribution >= 0.6 is 0 Å².